The van der Waals surface area contributed by atoms with Gasteiger partial charge in [0.15, 0.2) is 0 Å². The van der Waals surface area contributed by atoms with Crippen LogP contribution in [0.4, 0.5) is 0 Å². The summed E-state index contributed by atoms with van der Waals surface area (Å²) in [5.74, 6) is 0.288. The summed E-state index contributed by atoms with van der Waals surface area (Å²) in [6, 6.07) is 20.4. The molecule has 2 aromatic carbocycles. The van der Waals surface area contributed by atoms with Gasteiger partial charge in [0.05, 0.1) is 0 Å². The second-order valence-corrected chi connectivity index (χ2v) is 9.82. The van der Waals surface area contributed by atoms with E-state index >= 15 is 0 Å². The first-order chi connectivity index (χ1) is 14.0. The highest BCUT2D eigenvalue weighted by molar-refractivity contribution is 6.24. The minimum Gasteiger partial charge on any atom is -0.301 e. The Morgan fingerprint density at radius 3 is 2.07 bits per heavy atom. The van der Waals surface area contributed by atoms with Gasteiger partial charge in [-0.2, -0.15) is 0 Å². The fourth-order valence-electron chi connectivity index (χ4n) is 4.45. The first-order valence-electron chi connectivity index (χ1n) is 11.2. The third-order valence-corrected chi connectivity index (χ3v) is 7.25. The highest BCUT2D eigenvalue weighted by Gasteiger charge is 2.31. The number of nitrogens with zero attached hydrogens (tertiary/aromatic N) is 1. The molecule has 0 spiro atoms. The second kappa shape index (κ2) is 11.4. The van der Waals surface area contributed by atoms with E-state index in [9.17, 15) is 0 Å². The maximum atomic E-state index is 6.58. The lowest BCUT2D eigenvalue weighted by Crippen LogP contribution is -2.34. The van der Waals surface area contributed by atoms with E-state index in [1.165, 1.54) is 23.1 Å². The van der Waals surface area contributed by atoms with Crippen molar-refractivity contribution in [3.05, 3.63) is 71.3 Å². The largest absolute Gasteiger partial charge is 0.301 e. The molecular weight excluding hydrogens is 397 g/mol. The molecule has 0 radical (unpaired) electrons. The number of rotatable bonds is 9. The van der Waals surface area contributed by atoms with Gasteiger partial charge in [-0.25, -0.2) is 0 Å². The molecule has 0 heterocycles. The molecule has 1 nitrogen and oxygen atoms in total. The van der Waals surface area contributed by atoms with Crippen LogP contribution in [0.3, 0.4) is 0 Å². The average Bonchev–Trinajstić information content (AvgIpc) is 2.72. The van der Waals surface area contributed by atoms with E-state index in [1.807, 2.05) is 0 Å². The number of alkyl halides is 2. The van der Waals surface area contributed by atoms with Crippen LogP contribution in [0, 0.1) is 0 Å². The van der Waals surface area contributed by atoms with Crippen LogP contribution in [0.1, 0.15) is 62.1 Å². The molecule has 2 unspecified atom stereocenters. The van der Waals surface area contributed by atoms with Crippen molar-refractivity contribution in [1.82, 2.24) is 4.90 Å². The molecule has 3 rings (SSSR count). The highest BCUT2D eigenvalue weighted by atomic mass is 35.5. The van der Waals surface area contributed by atoms with Crippen LogP contribution in [-0.4, -0.2) is 34.8 Å². The van der Waals surface area contributed by atoms with E-state index < -0.39 is 0 Å². The summed E-state index contributed by atoms with van der Waals surface area (Å²) >= 11 is 13.2. The van der Waals surface area contributed by atoms with Crippen molar-refractivity contribution >= 4 is 23.2 Å². The van der Waals surface area contributed by atoms with Gasteiger partial charge >= 0.3 is 0 Å². The number of benzene rings is 2. The number of hydrogen-bond acceptors (Lipinski definition) is 1. The summed E-state index contributed by atoms with van der Waals surface area (Å²) in [6.07, 6.45) is 6.72. The molecule has 1 aliphatic rings. The zero-order valence-electron chi connectivity index (χ0n) is 17.9. The predicted octanol–water partition coefficient (Wildman–Crippen LogP) is 7.05. The van der Waals surface area contributed by atoms with Gasteiger partial charge in [-0.05, 0) is 69.2 Å². The normalized spacial score (nSPS) is 22.3. The number of hydrogen-bond donors (Lipinski definition) is 0. The molecule has 0 N–H and O–H groups in total. The topological polar surface area (TPSA) is 3.24 Å². The van der Waals surface area contributed by atoms with Crippen LogP contribution in [-0.2, 0) is 12.8 Å². The van der Waals surface area contributed by atoms with Gasteiger partial charge < -0.3 is 4.90 Å². The summed E-state index contributed by atoms with van der Waals surface area (Å²) in [6.45, 7) is 6.86. The molecule has 0 amide bonds. The maximum Gasteiger partial charge on any atom is 0.0418 e. The van der Waals surface area contributed by atoms with Gasteiger partial charge in [0.25, 0.3) is 0 Å². The molecule has 0 bridgehead atoms. The van der Waals surface area contributed by atoms with E-state index in [2.05, 4.69) is 73.3 Å². The van der Waals surface area contributed by atoms with E-state index in [1.54, 1.807) is 0 Å². The maximum absolute atomic E-state index is 6.58. The standard InChI is InChI=1S/C26H35Cl2N/c1-20(2)29(19-17-21-8-4-3-5-9-21)18-7-10-22-13-15-23(16-14-22)26-24(27)11-6-12-25(26)28/h3-5,8-9,13-16,20,24-26H,6-7,10-12,17-19H2,1-2H3. The predicted molar refractivity (Wildman–Crippen MR) is 127 cm³/mol. The van der Waals surface area contributed by atoms with E-state index in [4.69, 9.17) is 23.2 Å². The van der Waals surface area contributed by atoms with Crippen LogP contribution >= 0.6 is 23.2 Å². The van der Waals surface area contributed by atoms with Crippen molar-refractivity contribution in [1.29, 1.82) is 0 Å². The van der Waals surface area contributed by atoms with Gasteiger partial charge in [0, 0.05) is 29.3 Å². The van der Waals surface area contributed by atoms with E-state index in [0.717, 1.165) is 45.2 Å². The van der Waals surface area contributed by atoms with Crippen molar-refractivity contribution in [3.8, 4) is 0 Å². The third kappa shape index (κ3) is 6.74. The van der Waals surface area contributed by atoms with E-state index in [0.29, 0.717) is 6.04 Å². The summed E-state index contributed by atoms with van der Waals surface area (Å²) in [5.41, 5.74) is 4.14. The second-order valence-electron chi connectivity index (χ2n) is 8.70. The Morgan fingerprint density at radius 2 is 1.45 bits per heavy atom. The van der Waals surface area contributed by atoms with Crippen molar-refractivity contribution in [2.24, 2.45) is 0 Å². The first-order valence-corrected chi connectivity index (χ1v) is 12.1. The van der Waals surface area contributed by atoms with Gasteiger partial charge in [-0.3, -0.25) is 0 Å². The Hall–Kier alpha value is -1.02. The quantitative estimate of drug-likeness (QED) is 0.384. The molecule has 2 aromatic rings. The third-order valence-electron chi connectivity index (χ3n) is 6.28. The van der Waals surface area contributed by atoms with Gasteiger partial charge in [0.1, 0.15) is 0 Å². The van der Waals surface area contributed by atoms with Crippen LogP contribution in [0.25, 0.3) is 0 Å². The first kappa shape index (κ1) is 22.7. The van der Waals surface area contributed by atoms with Gasteiger partial charge in [0.2, 0.25) is 0 Å². The Bertz CT molecular complexity index is 703. The minimum atomic E-state index is 0.168. The smallest absolute Gasteiger partial charge is 0.0418 e. The Kier molecular flexibility index (Phi) is 8.90. The zero-order chi connectivity index (χ0) is 20.6. The van der Waals surface area contributed by atoms with Crippen molar-refractivity contribution in [2.45, 2.75) is 75.1 Å². The van der Waals surface area contributed by atoms with Gasteiger partial charge in [-0.1, -0.05) is 61.0 Å². The summed E-state index contributed by atoms with van der Waals surface area (Å²) < 4.78 is 0. The Balaban J connectivity index is 1.48. The Labute approximate surface area is 187 Å². The fraction of sp³-hybridized carbons (Fsp3) is 0.538. The lowest BCUT2D eigenvalue weighted by atomic mass is 9.83. The monoisotopic (exact) mass is 431 g/mol. The van der Waals surface area contributed by atoms with Crippen LogP contribution in [0.15, 0.2) is 54.6 Å². The molecule has 1 aliphatic carbocycles. The fourth-order valence-corrected chi connectivity index (χ4v) is 5.47. The molecule has 0 saturated heterocycles. The summed E-state index contributed by atoms with van der Waals surface area (Å²) in [5, 5.41) is 0.336. The summed E-state index contributed by atoms with van der Waals surface area (Å²) in [7, 11) is 0. The van der Waals surface area contributed by atoms with Gasteiger partial charge in [-0.15, -0.1) is 23.2 Å². The van der Waals surface area contributed by atoms with Crippen LogP contribution < -0.4 is 0 Å². The SMILES string of the molecule is CC(C)N(CCCc1ccc(C2C(Cl)CCCC2Cl)cc1)CCc1ccccc1. The molecule has 2 atom stereocenters. The highest BCUT2D eigenvalue weighted by Crippen LogP contribution is 2.39. The Morgan fingerprint density at radius 1 is 0.828 bits per heavy atom. The lowest BCUT2D eigenvalue weighted by molar-refractivity contribution is 0.222. The molecule has 1 saturated carbocycles. The molecule has 3 heteroatoms. The van der Waals surface area contributed by atoms with Crippen molar-refractivity contribution in [3.63, 3.8) is 0 Å². The molecule has 29 heavy (non-hydrogen) atoms. The van der Waals surface area contributed by atoms with Crippen LogP contribution in [0.2, 0.25) is 0 Å². The number of halogens is 2. The average molecular weight is 432 g/mol. The lowest BCUT2D eigenvalue weighted by Gasteiger charge is -2.32. The van der Waals surface area contributed by atoms with Crippen LogP contribution in [0.5, 0.6) is 0 Å². The zero-order valence-corrected chi connectivity index (χ0v) is 19.4. The number of aryl methyl sites for hydroxylation is 1. The van der Waals surface area contributed by atoms with E-state index in [-0.39, 0.29) is 16.7 Å². The molecular formula is C26H35Cl2N. The van der Waals surface area contributed by atoms with Crippen molar-refractivity contribution in [2.75, 3.05) is 13.1 Å². The van der Waals surface area contributed by atoms with Crippen molar-refractivity contribution < 1.29 is 0 Å². The molecule has 0 aromatic heterocycles. The summed E-state index contributed by atoms with van der Waals surface area (Å²) in [4.78, 5) is 2.60. The molecule has 0 aliphatic heterocycles. The molecule has 1 fully saturated rings. The molecule has 158 valence electrons. The minimum absolute atomic E-state index is 0.168.